The molecule has 0 bridgehead atoms. The highest BCUT2D eigenvalue weighted by Gasteiger charge is 2.40. The van der Waals surface area contributed by atoms with Gasteiger partial charge in [0, 0.05) is 19.0 Å². The van der Waals surface area contributed by atoms with E-state index in [1.807, 2.05) is 23.1 Å². The van der Waals surface area contributed by atoms with E-state index in [9.17, 15) is 9.18 Å². The van der Waals surface area contributed by atoms with Gasteiger partial charge in [-0.05, 0) is 73.5 Å². The SMILES string of the molecule is O=C(C[C@H]1CCN2CCC[C@H]12)N1CCc2ccccc2[C@@H]1c1ccc(F)cc1. The first-order valence-corrected chi connectivity index (χ1v) is 10.6. The molecule has 3 atom stereocenters. The van der Waals surface area contributed by atoms with Crippen LogP contribution < -0.4 is 0 Å². The van der Waals surface area contributed by atoms with Crippen molar-refractivity contribution in [1.82, 2.24) is 9.80 Å². The van der Waals surface area contributed by atoms with Crippen molar-refractivity contribution in [1.29, 1.82) is 0 Å². The number of carbonyl (C=O) groups excluding carboxylic acids is 1. The van der Waals surface area contributed by atoms with Crippen LogP contribution in [0.25, 0.3) is 0 Å². The maximum absolute atomic E-state index is 13.5. The monoisotopic (exact) mass is 378 g/mol. The number of halogens is 1. The van der Waals surface area contributed by atoms with E-state index in [1.54, 1.807) is 0 Å². The first-order chi connectivity index (χ1) is 13.7. The molecule has 0 aliphatic carbocycles. The Bertz CT molecular complexity index is 865. The minimum Gasteiger partial charge on any atom is -0.331 e. The Morgan fingerprint density at radius 2 is 1.82 bits per heavy atom. The molecule has 1 amide bonds. The summed E-state index contributed by atoms with van der Waals surface area (Å²) >= 11 is 0. The predicted molar refractivity (Wildman–Crippen MR) is 107 cm³/mol. The van der Waals surface area contributed by atoms with Crippen LogP contribution in [0, 0.1) is 11.7 Å². The Hall–Kier alpha value is -2.20. The van der Waals surface area contributed by atoms with E-state index >= 15 is 0 Å². The molecule has 2 fully saturated rings. The molecule has 146 valence electrons. The molecule has 0 radical (unpaired) electrons. The number of hydrogen-bond acceptors (Lipinski definition) is 2. The van der Waals surface area contributed by atoms with Gasteiger partial charge in [-0.2, -0.15) is 0 Å². The number of amides is 1. The van der Waals surface area contributed by atoms with Crippen molar-refractivity contribution in [3.05, 3.63) is 71.0 Å². The van der Waals surface area contributed by atoms with Gasteiger partial charge in [0.15, 0.2) is 0 Å². The normalized spacial score (nSPS) is 26.9. The van der Waals surface area contributed by atoms with Crippen molar-refractivity contribution in [3.63, 3.8) is 0 Å². The molecular formula is C24H27FN2O. The molecule has 2 saturated heterocycles. The second-order valence-electron chi connectivity index (χ2n) is 8.49. The lowest BCUT2D eigenvalue weighted by Gasteiger charge is -2.38. The molecule has 3 aliphatic heterocycles. The van der Waals surface area contributed by atoms with Crippen molar-refractivity contribution >= 4 is 5.91 Å². The minimum atomic E-state index is -0.238. The van der Waals surface area contributed by atoms with Gasteiger partial charge in [0.1, 0.15) is 5.82 Å². The van der Waals surface area contributed by atoms with Gasteiger partial charge in [-0.1, -0.05) is 36.4 Å². The quantitative estimate of drug-likeness (QED) is 0.800. The van der Waals surface area contributed by atoms with E-state index < -0.39 is 0 Å². The highest BCUT2D eigenvalue weighted by atomic mass is 19.1. The lowest BCUT2D eigenvalue weighted by atomic mass is 9.87. The topological polar surface area (TPSA) is 23.6 Å². The molecule has 0 aromatic heterocycles. The lowest BCUT2D eigenvalue weighted by molar-refractivity contribution is -0.134. The Labute approximate surface area is 166 Å². The van der Waals surface area contributed by atoms with Crippen LogP contribution in [0.15, 0.2) is 48.5 Å². The fourth-order valence-corrected chi connectivity index (χ4v) is 5.61. The Morgan fingerprint density at radius 3 is 2.68 bits per heavy atom. The second kappa shape index (κ2) is 7.32. The standard InChI is InChI=1S/C24H27FN2O/c25-20-9-7-18(8-10-20)24-21-5-2-1-4-17(21)12-15-27(24)23(28)16-19-11-14-26-13-3-6-22(19)26/h1-2,4-5,7-10,19,22,24H,3,6,11-16H2/t19-,22-,24+/m1/s1. The lowest BCUT2D eigenvalue weighted by Crippen LogP contribution is -2.42. The van der Waals surface area contributed by atoms with E-state index in [0.29, 0.717) is 18.4 Å². The van der Waals surface area contributed by atoms with Crippen molar-refractivity contribution in [2.75, 3.05) is 19.6 Å². The smallest absolute Gasteiger partial charge is 0.223 e. The maximum Gasteiger partial charge on any atom is 0.223 e. The first-order valence-electron chi connectivity index (χ1n) is 10.6. The molecule has 0 N–H and O–H groups in total. The number of nitrogens with zero attached hydrogens (tertiary/aromatic N) is 2. The maximum atomic E-state index is 13.5. The average molecular weight is 378 g/mol. The molecule has 3 aliphatic rings. The zero-order valence-electron chi connectivity index (χ0n) is 16.2. The summed E-state index contributed by atoms with van der Waals surface area (Å²) in [7, 11) is 0. The molecule has 28 heavy (non-hydrogen) atoms. The Morgan fingerprint density at radius 1 is 1.00 bits per heavy atom. The third-order valence-electron chi connectivity index (χ3n) is 6.97. The predicted octanol–water partition coefficient (Wildman–Crippen LogP) is 4.17. The highest BCUT2D eigenvalue weighted by molar-refractivity contribution is 5.78. The zero-order valence-corrected chi connectivity index (χ0v) is 16.2. The number of rotatable bonds is 3. The highest BCUT2D eigenvalue weighted by Crippen LogP contribution is 2.39. The minimum absolute atomic E-state index is 0.112. The van der Waals surface area contributed by atoms with E-state index in [0.717, 1.165) is 31.5 Å². The van der Waals surface area contributed by atoms with E-state index in [2.05, 4.69) is 23.1 Å². The summed E-state index contributed by atoms with van der Waals surface area (Å²) in [5.74, 6) is 0.501. The van der Waals surface area contributed by atoms with Gasteiger partial charge in [-0.25, -0.2) is 4.39 Å². The molecule has 2 aromatic carbocycles. The van der Waals surface area contributed by atoms with Crippen molar-refractivity contribution in [2.45, 2.75) is 44.2 Å². The summed E-state index contributed by atoms with van der Waals surface area (Å²) in [5.41, 5.74) is 3.47. The van der Waals surface area contributed by atoms with E-state index in [-0.39, 0.29) is 17.8 Å². The summed E-state index contributed by atoms with van der Waals surface area (Å²) in [6.45, 7) is 3.08. The Balaban J connectivity index is 1.43. The first kappa shape index (κ1) is 17.9. The van der Waals surface area contributed by atoms with Gasteiger partial charge in [-0.15, -0.1) is 0 Å². The number of carbonyl (C=O) groups is 1. The molecule has 4 heteroatoms. The van der Waals surface area contributed by atoms with Crippen molar-refractivity contribution in [2.24, 2.45) is 5.92 Å². The number of hydrogen-bond donors (Lipinski definition) is 0. The van der Waals surface area contributed by atoms with Gasteiger partial charge in [0.25, 0.3) is 0 Å². The van der Waals surface area contributed by atoms with Crippen LogP contribution in [0.4, 0.5) is 4.39 Å². The van der Waals surface area contributed by atoms with Gasteiger partial charge < -0.3 is 9.80 Å². The van der Waals surface area contributed by atoms with Crippen LogP contribution >= 0.6 is 0 Å². The van der Waals surface area contributed by atoms with Crippen molar-refractivity contribution in [3.8, 4) is 0 Å². The molecule has 0 unspecified atom stereocenters. The molecule has 2 aromatic rings. The van der Waals surface area contributed by atoms with Crippen LogP contribution in [0.3, 0.4) is 0 Å². The van der Waals surface area contributed by atoms with Crippen LogP contribution in [0.5, 0.6) is 0 Å². The Kier molecular flexibility index (Phi) is 4.67. The largest absolute Gasteiger partial charge is 0.331 e. The van der Waals surface area contributed by atoms with Crippen LogP contribution in [-0.2, 0) is 11.2 Å². The van der Waals surface area contributed by atoms with Gasteiger partial charge in [0.2, 0.25) is 5.91 Å². The summed E-state index contributed by atoms with van der Waals surface area (Å²) in [5, 5.41) is 0. The van der Waals surface area contributed by atoms with Gasteiger partial charge >= 0.3 is 0 Å². The molecule has 3 heterocycles. The van der Waals surface area contributed by atoms with Crippen LogP contribution in [-0.4, -0.2) is 41.4 Å². The average Bonchev–Trinajstić information content (AvgIpc) is 3.33. The third-order valence-corrected chi connectivity index (χ3v) is 6.97. The van der Waals surface area contributed by atoms with Crippen molar-refractivity contribution < 1.29 is 9.18 Å². The fourth-order valence-electron chi connectivity index (χ4n) is 5.61. The van der Waals surface area contributed by atoms with Gasteiger partial charge in [0.05, 0.1) is 6.04 Å². The third kappa shape index (κ3) is 3.14. The molecular weight excluding hydrogens is 351 g/mol. The summed E-state index contributed by atoms with van der Waals surface area (Å²) in [4.78, 5) is 18.1. The molecule has 5 rings (SSSR count). The summed E-state index contributed by atoms with van der Waals surface area (Å²) in [6.07, 6.45) is 5.18. The number of benzene rings is 2. The van der Waals surface area contributed by atoms with Gasteiger partial charge in [-0.3, -0.25) is 4.79 Å². The van der Waals surface area contributed by atoms with E-state index in [4.69, 9.17) is 0 Å². The summed E-state index contributed by atoms with van der Waals surface area (Å²) in [6, 6.07) is 15.5. The second-order valence-corrected chi connectivity index (χ2v) is 8.49. The summed E-state index contributed by atoms with van der Waals surface area (Å²) < 4.78 is 13.5. The molecule has 0 saturated carbocycles. The fraction of sp³-hybridized carbons (Fsp3) is 0.458. The zero-order chi connectivity index (χ0) is 19.1. The molecule has 0 spiro atoms. The van der Waals surface area contributed by atoms with Crippen LogP contribution in [0.1, 0.15) is 48.4 Å². The van der Waals surface area contributed by atoms with Crippen LogP contribution in [0.2, 0.25) is 0 Å². The number of fused-ring (bicyclic) bond motifs is 2. The van der Waals surface area contributed by atoms with E-state index in [1.165, 1.54) is 42.6 Å². The molecule has 3 nitrogen and oxygen atoms in total.